The van der Waals surface area contributed by atoms with E-state index >= 15 is 0 Å². The van der Waals surface area contributed by atoms with Crippen LogP contribution in [0.4, 0.5) is 15.0 Å². The SMILES string of the molecule is CC(C)C(CNC(=O)OC(C)(C)C)CNc1cccc(F)n1. The molecule has 124 valence electrons. The lowest BCUT2D eigenvalue weighted by Crippen LogP contribution is -2.38. The maximum absolute atomic E-state index is 13.0. The van der Waals surface area contributed by atoms with Crippen molar-refractivity contribution >= 4 is 11.9 Å². The molecule has 2 N–H and O–H groups in total. The molecule has 0 bridgehead atoms. The third-order valence-corrected chi connectivity index (χ3v) is 3.11. The molecule has 1 aromatic heterocycles. The summed E-state index contributed by atoms with van der Waals surface area (Å²) in [7, 11) is 0. The van der Waals surface area contributed by atoms with Crippen LogP contribution in [0.25, 0.3) is 0 Å². The van der Waals surface area contributed by atoms with Crippen LogP contribution < -0.4 is 10.6 Å². The first-order valence-corrected chi connectivity index (χ1v) is 7.50. The predicted octanol–water partition coefficient (Wildman–Crippen LogP) is 3.43. The molecule has 1 atom stereocenters. The van der Waals surface area contributed by atoms with Crippen molar-refractivity contribution in [3.05, 3.63) is 24.1 Å². The van der Waals surface area contributed by atoms with Crippen molar-refractivity contribution in [2.45, 2.75) is 40.2 Å². The summed E-state index contributed by atoms with van der Waals surface area (Å²) in [6.45, 7) is 10.7. The Labute approximate surface area is 131 Å². The molecule has 0 saturated heterocycles. The number of pyridine rings is 1. The number of rotatable bonds is 6. The Morgan fingerprint density at radius 3 is 2.55 bits per heavy atom. The van der Waals surface area contributed by atoms with Crippen molar-refractivity contribution in [1.82, 2.24) is 10.3 Å². The monoisotopic (exact) mass is 311 g/mol. The molecule has 1 amide bonds. The van der Waals surface area contributed by atoms with Gasteiger partial charge in [-0.05, 0) is 44.7 Å². The third kappa shape index (κ3) is 7.24. The van der Waals surface area contributed by atoms with Gasteiger partial charge in [0.2, 0.25) is 5.95 Å². The Kier molecular flexibility index (Phi) is 6.59. The van der Waals surface area contributed by atoms with Gasteiger partial charge in [0.25, 0.3) is 0 Å². The molecule has 1 unspecified atom stereocenters. The Morgan fingerprint density at radius 2 is 2.00 bits per heavy atom. The van der Waals surface area contributed by atoms with Crippen molar-refractivity contribution in [2.75, 3.05) is 18.4 Å². The summed E-state index contributed by atoms with van der Waals surface area (Å²) in [6.07, 6.45) is -0.429. The van der Waals surface area contributed by atoms with Crippen LogP contribution in [0.5, 0.6) is 0 Å². The summed E-state index contributed by atoms with van der Waals surface area (Å²) in [5.74, 6) is 0.495. The highest BCUT2D eigenvalue weighted by atomic mass is 19.1. The summed E-state index contributed by atoms with van der Waals surface area (Å²) >= 11 is 0. The van der Waals surface area contributed by atoms with E-state index in [0.717, 1.165) is 0 Å². The summed E-state index contributed by atoms with van der Waals surface area (Å²) < 4.78 is 18.3. The highest BCUT2D eigenvalue weighted by Gasteiger charge is 2.19. The van der Waals surface area contributed by atoms with Gasteiger partial charge in [0, 0.05) is 13.1 Å². The van der Waals surface area contributed by atoms with Gasteiger partial charge in [-0.15, -0.1) is 0 Å². The molecular formula is C16H26FN3O2. The quantitative estimate of drug-likeness (QED) is 0.790. The number of amides is 1. The molecule has 0 aromatic carbocycles. The first kappa shape index (κ1) is 18.2. The topological polar surface area (TPSA) is 63.2 Å². The van der Waals surface area contributed by atoms with Gasteiger partial charge in [-0.3, -0.25) is 0 Å². The average Bonchev–Trinajstić information content (AvgIpc) is 2.36. The lowest BCUT2D eigenvalue weighted by Gasteiger charge is -2.24. The predicted molar refractivity (Wildman–Crippen MR) is 85.2 cm³/mol. The minimum absolute atomic E-state index is 0.178. The Morgan fingerprint density at radius 1 is 1.32 bits per heavy atom. The number of nitrogens with zero attached hydrogens (tertiary/aromatic N) is 1. The van der Waals surface area contributed by atoms with Crippen LogP contribution in [0, 0.1) is 17.8 Å². The minimum Gasteiger partial charge on any atom is -0.444 e. The lowest BCUT2D eigenvalue weighted by atomic mass is 9.96. The molecule has 1 heterocycles. The van der Waals surface area contributed by atoms with Crippen molar-refractivity contribution in [2.24, 2.45) is 11.8 Å². The van der Waals surface area contributed by atoms with E-state index in [1.807, 2.05) is 20.8 Å². The largest absolute Gasteiger partial charge is 0.444 e. The zero-order chi connectivity index (χ0) is 16.8. The molecular weight excluding hydrogens is 285 g/mol. The van der Waals surface area contributed by atoms with Gasteiger partial charge in [0.15, 0.2) is 0 Å². The molecule has 0 saturated carbocycles. The van der Waals surface area contributed by atoms with Crippen molar-refractivity contribution < 1.29 is 13.9 Å². The second kappa shape index (κ2) is 7.96. The fraction of sp³-hybridized carbons (Fsp3) is 0.625. The Balaban J connectivity index is 2.47. The van der Waals surface area contributed by atoms with E-state index in [4.69, 9.17) is 4.74 Å². The lowest BCUT2D eigenvalue weighted by molar-refractivity contribution is 0.0516. The van der Waals surface area contributed by atoms with E-state index < -0.39 is 17.6 Å². The van der Waals surface area contributed by atoms with E-state index in [2.05, 4.69) is 29.5 Å². The normalized spacial score (nSPS) is 12.9. The molecule has 5 nitrogen and oxygen atoms in total. The van der Waals surface area contributed by atoms with Crippen molar-refractivity contribution in [1.29, 1.82) is 0 Å². The van der Waals surface area contributed by atoms with Gasteiger partial charge in [0.1, 0.15) is 11.4 Å². The van der Waals surface area contributed by atoms with Crippen LogP contribution in [0.3, 0.4) is 0 Å². The summed E-state index contributed by atoms with van der Waals surface area (Å²) in [6, 6.07) is 4.62. The molecule has 0 aliphatic rings. The van der Waals surface area contributed by atoms with Crippen LogP contribution in [0.15, 0.2) is 18.2 Å². The highest BCUT2D eigenvalue weighted by Crippen LogP contribution is 2.13. The fourth-order valence-corrected chi connectivity index (χ4v) is 1.81. The minimum atomic E-state index is -0.516. The molecule has 22 heavy (non-hydrogen) atoms. The van der Waals surface area contributed by atoms with Gasteiger partial charge in [-0.2, -0.15) is 4.39 Å². The molecule has 6 heteroatoms. The van der Waals surface area contributed by atoms with E-state index in [9.17, 15) is 9.18 Å². The number of hydrogen-bond donors (Lipinski definition) is 2. The van der Waals surface area contributed by atoms with E-state index in [-0.39, 0.29) is 5.92 Å². The molecule has 0 radical (unpaired) electrons. The number of aromatic nitrogens is 1. The number of carbonyl (C=O) groups excluding carboxylic acids is 1. The summed E-state index contributed by atoms with van der Waals surface area (Å²) in [4.78, 5) is 15.4. The standard InChI is InChI=1S/C16H26FN3O2/c1-11(2)12(10-19-15(21)22-16(3,4)5)9-18-14-8-6-7-13(17)20-14/h6-8,11-12H,9-10H2,1-5H3,(H,18,20)(H,19,21). The Hall–Kier alpha value is -1.85. The van der Waals surface area contributed by atoms with E-state index in [1.165, 1.54) is 6.07 Å². The van der Waals surface area contributed by atoms with E-state index in [1.54, 1.807) is 12.1 Å². The van der Waals surface area contributed by atoms with Gasteiger partial charge in [0.05, 0.1) is 0 Å². The number of halogens is 1. The number of hydrogen-bond acceptors (Lipinski definition) is 4. The highest BCUT2D eigenvalue weighted by molar-refractivity contribution is 5.67. The first-order valence-electron chi connectivity index (χ1n) is 7.50. The van der Waals surface area contributed by atoms with Crippen molar-refractivity contribution in [3.63, 3.8) is 0 Å². The molecule has 0 aliphatic heterocycles. The molecule has 1 aromatic rings. The second-order valence-electron chi connectivity index (χ2n) is 6.61. The van der Waals surface area contributed by atoms with Crippen LogP contribution in [0.1, 0.15) is 34.6 Å². The van der Waals surface area contributed by atoms with Crippen LogP contribution >= 0.6 is 0 Å². The second-order valence-corrected chi connectivity index (χ2v) is 6.61. The van der Waals surface area contributed by atoms with Gasteiger partial charge in [-0.25, -0.2) is 9.78 Å². The van der Waals surface area contributed by atoms with Crippen LogP contribution in [0.2, 0.25) is 0 Å². The molecule has 1 rings (SSSR count). The molecule has 0 spiro atoms. The average molecular weight is 311 g/mol. The zero-order valence-electron chi connectivity index (χ0n) is 13.9. The van der Waals surface area contributed by atoms with Crippen molar-refractivity contribution in [3.8, 4) is 0 Å². The number of nitrogens with one attached hydrogen (secondary N) is 2. The number of anilines is 1. The van der Waals surface area contributed by atoms with Gasteiger partial charge < -0.3 is 15.4 Å². The third-order valence-electron chi connectivity index (χ3n) is 3.11. The molecule has 0 fully saturated rings. The smallest absolute Gasteiger partial charge is 0.407 e. The fourth-order valence-electron chi connectivity index (χ4n) is 1.81. The number of ether oxygens (including phenoxy) is 1. The first-order chi connectivity index (χ1) is 10.2. The maximum atomic E-state index is 13.0. The van der Waals surface area contributed by atoms with Crippen LogP contribution in [-0.4, -0.2) is 29.8 Å². The maximum Gasteiger partial charge on any atom is 0.407 e. The summed E-state index contributed by atoms with van der Waals surface area (Å²) in [5.41, 5.74) is -0.513. The molecule has 0 aliphatic carbocycles. The van der Waals surface area contributed by atoms with Crippen LogP contribution in [-0.2, 0) is 4.74 Å². The van der Waals surface area contributed by atoms with Gasteiger partial charge >= 0.3 is 6.09 Å². The number of carbonyl (C=O) groups is 1. The summed E-state index contributed by atoms with van der Waals surface area (Å²) in [5, 5.41) is 5.87. The Bertz CT molecular complexity index is 487. The van der Waals surface area contributed by atoms with E-state index in [0.29, 0.717) is 24.8 Å². The van der Waals surface area contributed by atoms with Gasteiger partial charge in [-0.1, -0.05) is 19.9 Å². The number of alkyl carbamates (subject to hydrolysis) is 1. The zero-order valence-corrected chi connectivity index (χ0v) is 13.9.